The van der Waals surface area contributed by atoms with Crippen LogP contribution in [-0.4, -0.2) is 29.3 Å². The van der Waals surface area contributed by atoms with E-state index < -0.39 is 10.0 Å². The quantitative estimate of drug-likeness (QED) is 0.817. The Hall–Kier alpha value is -0.400. The molecule has 1 atom stereocenters. The van der Waals surface area contributed by atoms with Gasteiger partial charge in [-0.05, 0) is 0 Å². The number of nitrogens with one attached hydrogen (secondary N) is 1. The van der Waals surface area contributed by atoms with Gasteiger partial charge in [-0.15, -0.1) is 0 Å². The molecule has 1 aromatic heterocycles. The summed E-state index contributed by atoms with van der Waals surface area (Å²) in [5.41, 5.74) is 0. The summed E-state index contributed by atoms with van der Waals surface area (Å²) in [4.78, 5) is 3.86. The van der Waals surface area contributed by atoms with Gasteiger partial charge in [-0.3, -0.25) is 0 Å². The molecule has 0 aliphatic heterocycles. The summed E-state index contributed by atoms with van der Waals surface area (Å²) in [6.45, 7) is 2.21. The summed E-state index contributed by atoms with van der Waals surface area (Å²) in [5.74, 6) is 0. The fourth-order valence-electron chi connectivity index (χ4n) is 0.826. The van der Waals surface area contributed by atoms with Crippen molar-refractivity contribution >= 4 is 26.0 Å². The average Bonchev–Trinajstić information content (AvgIpc) is 2.49. The molecule has 0 amide bonds. The molecule has 0 saturated carbocycles. The van der Waals surface area contributed by atoms with Crippen molar-refractivity contribution in [2.45, 2.75) is 16.8 Å². The second-order valence-corrected chi connectivity index (χ2v) is 6.29. The van der Waals surface area contributed by atoms with Crippen LogP contribution in [-0.2, 0) is 17.1 Å². The molecule has 0 bridgehead atoms. The molecule has 0 radical (unpaired) electrons. The van der Waals surface area contributed by atoms with Crippen molar-refractivity contribution in [1.29, 1.82) is 0 Å². The van der Waals surface area contributed by atoms with E-state index in [0.29, 0.717) is 6.54 Å². The Morgan fingerprint density at radius 2 is 2.36 bits per heavy atom. The predicted octanol–water partition coefficient (Wildman–Crippen LogP) is 0.482. The van der Waals surface area contributed by atoms with Crippen molar-refractivity contribution in [3.63, 3.8) is 0 Å². The number of sulfonamides is 1. The number of imidazole rings is 1. The number of nitrogens with zero attached hydrogens (tertiary/aromatic N) is 2. The van der Waals surface area contributed by atoms with Crippen molar-refractivity contribution in [2.24, 2.45) is 7.05 Å². The van der Waals surface area contributed by atoms with Crippen LogP contribution in [0.15, 0.2) is 17.6 Å². The van der Waals surface area contributed by atoms with Gasteiger partial charge in [0.25, 0.3) is 10.0 Å². The molecule has 1 unspecified atom stereocenters. The van der Waals surface area contributed by atoms with Gasteiger partial charge in [-0.25, -0.2) is 18.1 Å². The van der Waals surface area contributed by atoms with Gasteiger partial charge in [0.1, 0.15) is 0 Å². The van der Waals surface area contributed by atoms with Crippen molar-refractivity contribution in [3.8, 4) is 0 Å². The van der Waals surface area contributed by atoms with Crippen LogP contribution in [0.1, 0.15) is 6.92 Å². The van der Waals surface area contributed by atoms with E-state index in [4.69, 9.17) is 0 Å². The van der Waals surface area contributed by atoms with Gasteiger partial charge in [-0.2, -0.15) is 0 Å². The van der Waals surface area contributed by atoms with E-state index in [1.807, 2.05) is 6.92 Å². The first-order chi connectivity index (χ1) is 6.42. The van der Waals surface area contributed by atoms with Crippen LogP contribution < -0.4 is 4.72 Å². The molecule has 5 nitrogen and oxygen atoms in total. The Kier molecular flexibility index (Phi) is 3.68. The largest absolute Gasteiger partial charge is 0.339 e. The van der Waals surface area contributed by atoms with Crippen molar-refractivity contribution in [3.05, 3.63) is 12.5 Å². The summed E-state index contributed by atoms with van der Waals surface area (Å²) in [5, 5.41) is 0.0492. The number of rotatable bonds is 4. The highest BCUT2D eigenvalue weighted by molar-refractivity contribution is 9.09. The molecule has 14 heavy (non-hydrogen) atoms. The topological polar surface area (TPSA) is 64.0 Å². The van der Waals surface area contributed by atoms with Gasteiger partial charge >= 0.3 is 0 Å². The van der Waals surface area contributed by atoms with Crippen LogP contribution in [0.2, 0.25) is 0 Å². The minimum absolute atomic E-state index is 0.0492. The van der Waals surface area contributed by atoms with E-state index in [-0.39, 0.29) is 9.85 Å². The third-order valence-corrected chi connectivity index (χ3v) is 3.14. The third-order valence-electron chi connectivity index (χ3n) is 1.51. The molecule has 7 heteroatoms. The predicted molar refractivity (Wildman–Crippen MR) is 56.8 cm³/mol. The lowest BCUT2D eigenvalue weighted by Crippen LogP contribution is -2.28. The number of alkyl halides is 1. The first kappa shape index (κ1) is 11.7. The maximum atomic E-state index is 11.5. The van der Waals surface area contributed by atoms with Crippen molar-refractivity contribution in [1.82, 2.24) is 14.3 Å². The number of aromatic nitrogens is 2. The second-order valence-electron chi connectivity index (χ2n) is 3.01. The van der Waals surface area contributed by atoms with Gasteiger partial charge in [0.15, 0.2) is 5.03 Å². The van der Waals surface area contributed by atoms with Crippen LogP contribution in [0, 0.1) is 0 Å². The van der Waals surface area contributed by atoms with Gasteiger partial charge in [0.2, 0.25) is 0 Å². The summed E-state index contributed by atoms with van der Waals surface area (Å²) in [6.07, 6.45) is 2.91. The molecular formula is C7H12BrN3O2S. The van der Waals surface area contributed by atoms with E-state index in [2.05, 4.69) is 25.6 Å². The lowest BCUT2D eigenvalue weighted by Gasteiger charge is -2.04. The van der Waals surface area contributed by atoms with Crippen LogP contribution in [0.4, 0.5) is 0 Å². The molecule has 0 aromatic carbocycles. The Balaban J connectivity index is 2.76. The number of hydrogen-bond donors (Lipinski definition) is 1. The highest BCUT2D eigenvalue weighted by Crippen LogP contribution is 2.04. The minimum atomic E-state index is -3.45. The number of halogens is 1. The summed E-state index contributed by atoms with van der Waals surface area (Å²) < 4.78 is 27.1. The zero-order chi connectivity index (χ0) is 10.8. The fraction of sp³-hybridized carbons (Fsp3) is 0.571. The molecule has 0 spiro atoms. The molecule has 0 saturated heterocycles. The van der Waals surface area contributed by atoms with Crippen LogP contribution in [0.25, 0.3) is 0 Å². The van der Waals surface area contributed by atoms with E-state index in [1.165, 1.54) is 12.5 Å². The van der Waals surface area contributed by atoms with E-state index in [9.17, 15) is 8.42 Å². The summed E-state index contributed by atoms with van der Waals surface area (Å²) in [6, 6.07) is 0. The van der Waals surface area contributed by atoms with Crippen molar-refractivity contribution < 1.29 is 8.42 Å². The van der Waals surface area contributed by atoms with Gasteiger partial charge in [-0.1, -0.05) is 22.9 Å². The third kappa shape index (κ3) is 3.07. The molecule has 1 aromatic rings. The highest BCUT2D eigenvalue weighted by Gasteiger charge is 2.16. The fourth-order valence-corrected chi connectivity index (χ4v) is 2.31. The Bertz CT molecular complexity index is 399. The summed E-state index contributed by atoms with van der Waals surface area (Å²) >= 11 is 3.25. The van der Waals surface area contributed by atoms with Gasteiger partial charge < -0.3 is 4.57 Å². The number of hydrogen-bond acceptors (Lipinski definition) is 3. The molecule has 0 aliphatic carbocycles. The average molecular weight is 282 g/mol. The first-order valence-corrected chi connectivity index (χ1v) is 6.43. The van der Waals surface area contributed by atoms with Gasteiger partial charge in [0.05, 0.1) is 6.33 Å². The molecule has 80 valence electrons. The highest BCUT2D eigenvalue weighted by atomic mass is 79.9. The van der Waals surface area contributed by atoms with Gasteiger partial charge in [0, 0.05) is 24.6 Å². The van der Waals surface area contributed by atoms with E-state index in [1.54, 1.807) is 11.6 Å². The smallest absolute Gasteiger partial charge is 0.259 e. The zero-order valence-electron chi connectivity index (χ0n) is 7.94. The maximum absolute atomic E-state index is 11.5. The molecule has 0 aliphatic rings. The Labute approximate surface area is 91.7 Å². The zero-order valence-corrected chi connectivity index (χ0v) is 10.3. The molecular weight excluding hydrogens is 270 g/mol. The monoisotopic (exact) mass is 281 g/mol. The molecule has 1 heterocycles. The van der Waals surface area contributed by atoms with E-state index in [0.717, 1.165) is 0 Å². The first-order valence-electron chi connectivity index (χ1n) is 4.03. The maximum Gasteiger partial charge on any atom is 0.259 e. The Morgan fingerprint density at radius 1 is 1.71 bits per heavy atom. The lowest BCUT2D eigenvalue weighted by atomic mass is 10.5. The molecule has 0 fully saturated rings. The van der Waals surface area contributed by atoms with Crippen LogP contribution >= 0.6 is 15.9 Å². The SMILES string of the molecule is CC(Br)CNS(=O)(=O)c1cn(C)cn1. The van der Waals surface area contributed by atoms with E-state index >= 15 is 0 Å². The molecule has 1 rings (SSSR count). The Morgan fingerprint density at radius 3 is 2.79 bits per heavy atom. The minimum Gasteiger partial charge on any atom is -0.339 e. The number of aryl methyl sites for hydroxylation is 1. The van der Waals surface area contributed by atoms with Crippen LogP contribution in [0.5, 0.6) is 0 Å². The van der Waals surface area contributed by atoms with Crippen molar-refractivity contribution in [2.75, 3.05) is 6.54 Å². The summed E-state index contributed by atoms with van der Waals surface area (Å²) in [7, 11) is -1.73. The second kappa shape index (κ2) is 4.41. The standard InChI is InChI=1S/C7H12BrN3O2S/c1-6(8)3-10-14(12,13)7-4-11(2)5-9-7/h4-6,10H,3H2,1-2H3. The van der Waals surface area contributed by atoms with Crippen LogP contribution in [0.3, 0.4) is 0 Å². The molecule has 1 N–H and O–H groups in total. The lowest BCUT2D eigenvalue weighted by molar-refractivity contribution is 0.578. The normalized spacial score (nSPS) is 14.2.